The first-order valence-corrected chi connectivity index (χ1v) is 22.6. The Bertz CT molecular complexity index is 178. The van der Waals surface area contributed by atoms with Crippen molar-refractivity contribution in [3.8, 4) is 0 Å². The molecule has 0 fully saturated rings. The Morgan fingerprint density at radius 3 is 2.21 bits per heavy atom. The SMILES string of the molecule is CCCC/C=C(\I)[Te](I)(I)CCCC. The monoisotopic (exact) mass is 650 g/mol. The summed E-state index contributed by atoms with van der Waals surface area (Å²) in [4.78, 5) is 0. The second kappa shape index (κ2) is 9.72. The third-order valence-electron chi connectivity index (χ3n) is 1.90. The molecule has 0 bridgehead atoms. The van der Waals surface area contributed by atoms with Gasteiger partial charge in [0.05, 0.1) is 0 Å². The molecule has 0 unspecified atom stereocenters. The normalized spacial score (nSPS) is 14.5. The van der Waals surface area contributed by atoms with Crippen LogP contribution in [0.4, 0.5) is 0 Å². The molecule has 86 valence electrons. The van der Waals surface area contributed by atoms with E-state index in [0.29, 0.717) is 0 Å². The quantitative estimate of drug-likeness (QED) is 0.177. The second-order valence-corrected chi connectivity index (χ2v) is 43.9. The summed E-state index contributed by atoms with van der Waals surface area (Å²) in [6.07, 6.45) is 9.23. The molecular weight excluding hydrogens is 628 g/mol. The average Bonchev–Trinajstić information content (AvgIpc) is 2.15. The van der Waals surface area contributed by atoms with E-state index in [1.165, 1.54) is 36.6 Å². The van der Waals surface area contributed by atoms with E-state index in [-0.39, 0.29) is 0 Å². The summed E-state index contributed by atoms with van der Waals surface area (Å²) in [5.41, 5.74) is 0. The Balaban J connectivity index is 4.04. The van der Waals surface area contributed by atoms with Crippen LogP contribution in [-0.2, 0) is 0 Å². The topological polar surface area (TPSA) is 0 Å². The van der Waals surface area contributed by atoms with Crippen molar-refractivity contribution in [3.05, 3.63) is 7.70 Å². The summed E-state index contributed by atoms with van der Waals surface area (Å²) in [7, 11) is -1.62. The van der Waals surface area contributed by atoms with Gasteiger partial charge in [0.2, 0.25) is 0 Å². The Kier molecular flexibility index (Phi) is 11.6. The van der Waals surface area contributed by atoms with Crippen LogP contribution in [0.2, 0.25) is 4.47 Å². The molecule has 0 aromatic rings. The van der Waals surface area contributed by atoms with Gasteiger partial charge in [0.1, 0.15) is 0 Å². The summed E-state index contributed by atoms with van der Waals surface area (Å²) >= 11 is 8.15. The molecule has 0 aliphatic carbocycles. The summed E-state index contributed by atoms with van der Waals surface area (Å²) < 4.78 is 3.20. The molecule has 4 heteroatoms. The number of rotatable bonds is 7. The summed E-state index contributed by atoms with van der Waals surface area (Å²) in [6.45, 7) is 4.56. The van der Waals surface area contributed by atoms with Crippen LogP contribution >= 0.6 is 60.0 Å². The van der Waals surface area contributed by atoms with Crippen LogP contribution in [0, 0.1) is 0 Å². The molecule has 0 aliphatic heterocycles. The number of hydrogen-bond acceptors (Lipinski definition) is 0. The molecule has 0 amide bonds. The number of hydrogen-bond donors (Lipinski definition) is 0. The van der Waals surface area contributed by atoms with Gasteiger partial charge in [-0.05, 0) is 0 Å². The van der Waals surface area contributed by atoms with Crippen molar-refractivity contribution < 1.29 is 0 Å². The fourth-order valence-corrected chi connectivity index (χ4v) is 12.8. The molecule has 0 heterocycles. The predicted octanol–water partition coefficient (Wildman–Crippen LogP) is 6.15. The van der Waals surface area contributed by atoms with Crippen molar-refractivity contribution in [1.29, 1.82) is 0 Å². The number of halogens is 3. The van der Waals surface area contributed by atoms with Crippen LogP contribution in [0.3, 0.4) is 0 Å². The first-order valence-electron chi connectivity index (χ1n) is 5.10. The zero-order valence-corrected chi connectivity index (χ0v) is 17.7. The molecular formula is C10H19I3Te. The molecule has 0 saturated heterocycles. The zero-order valence-electron chi connectivity index (χ0n) is 8.86. The Morgan fingerprint density at radius 1 is 1.14 bits per heavy atom. The van der Waals surface area contributed by atoms with Gasteiger partial charge in [0.15, 0.2) is 0 Å². The van der Waals surface area contributed by atoms with Gasteiger partial charge in [-0.1, -0.05) is 0 Å². The molecule has 0 N–H and O–H groups in total. The van der Waals surface area contributed by atoms with E-state index in [2.05, 4.69) is 79.9 Å². The molecule has 0 radical (unpaired) electrons. The van der Waals surface area contributed by atoms with Crippen LogP contribution in [-0.4, -0.2) is 10.3 Å². The minimum atomic E-state index is -1.62. The predicted molar refractivity (Wildman–Crippen MR) is 95.1 cm³/mol. The molecule has 0 aliphatic rings. The van der Waals surface area contributed by atoms with Gasteiger partial charge in [-0.3, -0.25) is 0 Å². The Morgan fingerprint density at radius 2 is 1.71 bits per heavy atom. The van der Waals surface area contributed by atoms with Gasteiger partial charge in [-0.25, -0.2) is 0 Å². The van der Waals surface area contributed by atoms with Gasteiger partial charge < -0.3 is 0 Å². The molecule has 0 spiro atoms. The third-order valence-corrected chi connectivity index (χ3v) is 35.4. The van der Waals surface area contributed by atoms with Gasteiger partial charge in [-0.15, -0.1) is 0 Å². The van der Waals surface area contributed by atoms with E-state index in [9.17, 15) is 0 Å². The standard InChI is InChI=1S/C10H19I3Te/c1-3-5-7-8-10(11)14(12,13)9-6-4-2/h8H,3-7,9H2,1-2H3/b10-8+. The van der Waals surface area contributed by atoms with E-state index in [1.807, 2.05) is 0 Å². The second-order valence-electron chi connectivity index (χ2n) is 3.28. The van der Waals surface area contributed by atoms with Crippen molar-refractivity contribution in [2.75, 3.05) is 0 Å². The fraction of sp³-hybridized carbons (Fsp3) is 0.800. The number of unbranched alkanes of at least 4 members (excludes halogenated alkanes) is 3. The molecule has 0 aromatic carbocycles. The molecule has 14 heavy (non-hydrogen) atoms. The van der Waals surface area contributed by atoms with Gasteiger partial charge >= 0.3 is 128 Å². The minimum absolute atomic E-state index is 1.29. The van der Waals surface area contributed by atoms with Crippen LogP contribution in [0.5, 0.6) is 0 Å². The first kappa shape index (κ1) is 16.7. The molecule has 0 saturated carbocycles. The molecule has 0 atom stereocenters. The molecule has 0 rings (SSSR count). The van der Waals surface area contributed by atoms with Crippen molar-refractivity contribution >= 4 is 70.3 Å². The summed E-state index contributed by atoms with van der Waals surface area (Å²) in [6, 6.07) is 0. The van der Waals surface area contributed by atoms with Gasteiger partial charge in [0.25, 0.3) is 0 Å². The van der Waals surface area contributed by atoms with Crippen molar-refractivity contribution in [3.63, 3.8) is 0 Å². The van der Waals surface area contributed by atoms with Crippen molar-refractivity contribution in [1.82, 2.24) is 0 Å². The average molecular weight is 648 g/mol. The van der Waals surface area contributed by atoms with E-state index in [4.69, 9.17) is 0 Å². The Labute approximate surface area is 126 Å². The summed E-state index contributed by atoms with van der Waals surface area (Å²) in [5.74, 6) is 0. The maximum absolute atomic E-state index is 2.78. The van der Waals surface area contributed by atoms with Crippen LogP contribution in [0.25, 0.3) is 0 Å². The molecule has 0 nitrogen and oxygen atoms in total. The van der Waals surface area contributed by atoms with E-state index < -0.39 is 10.3 Å². The van der Waals surface area contributed by atoms with Crippen LogP contribution < -0.4 is 0 Å². The Hall–Kier alpha value is 2.72. The van der Waals surface area contributed by atoms with E-state index in [1.54, 1.807) is 1.63 Å². The van der Waals surface area contributed by atoms with Gasteiger partial charge in [0, 0.05) is 0 Å². The van der Waals surface area contributed by atoms with Crippen LogP contribution in [0.15, 0.2) is 7.70 Å². The maximum atomic E-state index is 2.78. The number of allylic oxidation sites excluding steroid dienone is 1. The zero-order chi connectivity index (χ0) is 11.0. The van der Waals surface area contributed by atoms with E-state index in [0.717, 1.165) is 0 Å². The molecule has 0 aromatic heterocycles. The van der Waals surface area contributed by atoms with Crippen LogP contribution in [0.1, 0.15) is 46.0 Å². The van der Waals surface area contributed by atoms with Crippen molar-refractivity contribution in [2.24, 2.45) is 0 Å². The van der Waals surface area contributed by atoms with Gasteiger partial charge in [-0.2, -0.15) is 0 Å². The van der Waals surface area contributed by atoms with Crippen molar-refractivity contribution in [2.45, 2.75) is 50.4 Å². The first-order chi connectivity index (χ1) is 6.54. The van der Waals surface area contributed by atoms with E-state index >= 15 is 0 Å². The fourth-order valence-electron chi connectivity index (χ4n) is 0.965. The third kappa shape index (κ3) is 7.91. The summed E-state index contributed by atoms with van der Waals surface area (Å²) in [5, 5.41) is 0.